The first kappa shape index (κ1) is 8.92. The van der Waals surface area contributed by atoms with E-state index in [1.54, 1.807) is 0 Å². The van der Waals surface area contributed by atoms with Gasteiger partial charge < -0.3 is 0 Å². The van der Waals surface area contributed by atoms with E-state index < -0.39 is 0 Å². The SMILES string of the molecule is CCCCCNNCC. The number of rotatable bonds is 6. The van der Waals surface area contributed by atoms with Crippen molar-refractivity contribution in [3.63, 3.8) is 0 Å². The summed E-state index contributed by atoms with van der Waals surface area (Å²) in [5.74, 6) is 0. The number of unbranched alkanes of at least 4 members (excludes halogenated alkanes) is 2. The molecule has 0 bridgehead atoms. The van der Waals surface area contributed by atoms with Crippen molar-refractivity contribution >= 4 is 0 Å². The van der Waals surface area contributed by atoms with Gasteiger partial charge in [-0.05, 0) is 6.42 Å². The molecule has 0 aromatic rings. The van der Waals surface area contributed by atoms with Gasteiger partial charge in [0.15, 0.2) is 0 Å². The van der Waals surface area contributed by atoms with E-state index in [0.29, 0.717) is 0 Å². The standard InChI is InChI=1S/C7H18N2/c1-3-5-6-7-9-8-4-2/h8-9H,3-7H2,1-2H3. The summed E-state index contributed by atoms with van der Waals surface area (Å²) in [6.45, 7) is 6.41. The molecule has 0 aromatic carbocycles. The van der Waals surface area contributed by atoms with E-state index in [1.807, 2.05) is 0 Å². The topological polar surface area (TPSA) is 24.1 Å². The van der Waals surface area contributed by atoms with E-state index in [-0.39, 0.29) is 0 Å². The van der Waals surface area contributed by atoms with Crippen molar-refractivity contribution in [2.24, 2.45) is 0 Å². The predicted molar refractivity (Wildman–Crippen MR) is 41.2 cm³/mol. The van der Waals surface area contributed by atoms with Gasteiger partial charge in [-0.3, -0.25) is 10.9 Å². The fourth-order valence-corrected chi connectivity index (χ4v) is 0.677. The Bertz CT molecular complexity index is 40.2. The molecule has 0 amide bonds. The molecule has 2 heteroatoms. The highest BCUT2D eigenvalue weighted by molar-refractivity contribution is 4.40. The molecule has 0 saturated heterocycles. The van der Waals surface area contributed by atoms with E-state index in [9.17, 15) is 0 Å². The Morgan fingerprint density at radius 3 is 2.33 bits per heavy atom. The summed E-state index contributed by atoms with van der Waals surface area (Å²) in [5, 5.41) is 0. The minimum Gasteiger partial charge on any atom is -0.258 e. The van der Waals surface area contributed by atoms with Gasteiger partial charge in [0.1, 0.15) is 0 Å². The first-order valence-electron chi connectivity index (χ1n) is 3.87. The van der Waals surface area contributed by atoms with Crippen LogP contribution < -0.4 is 10.9 Å². The van der Waals surface area contributed by atoms with Gasteiger partial charge in [0, 0.05) is 13.1 Å². The quantitative estimate of drug-likeness (QED) is 0.418. The molecule has 2 nitrogen and oxygen atoms in total. The molecule has 0 aromatic heterocycles. The highest BCUT2D eigenvalue weighted by Gasteiger charge is 1.82. The molecular weight excluding hydrogens is 112 g/mol. The lowest BCUT2D eigenvalue weighted by Crippen LogP contribution is -2.31. The molecule has 56 valence electrons. The summed E-state index contributed by atoms with van der Waals surface area (Å²) in [6.07, 6.45) is 3.91. The Kier molecular flexibility index (Phi) is 7.85. The molecule has 0 radical (unpaired) electrons. The summed E-state index contributed by atoms with van der Waals surface area (Å²) >= 11 is 0. The predicted octanol–water partition coefficient (Wildman–Crippen LogP) is 1.29. The minimum absolute atomic E-state index is 1.01. The second-order valence-corrected chi connectivity index (χ2v) is 2.16. The van der Waals surface area contributed by atoms with Crippen molar-refractivity contribution in [1.29, 1.82) is 0 Å². The van der Waals surface area contributed by atoms with Crippen molar-refractivity contribution in [2.75, 3.05) is 13.1 Å². The fraction of sp³-hybridized carbons (Fsp3) is 1.00. The molecule has 0 fully saturated rings. The smallest absolute Gasteiger partial charge is 0.00997 e. The first-order valence-corrected chi connectivity index (χ1v) is 3.87. The Morgan fingerprint density at radius 2 is 1.78 bits per heavy atom. The van der Waals surface area contributed by atoms with Crippen LogP contribution in [0.5, 0.6) is 0 Å². The van der Waals surface area contributed by atoms with Crippen LogP contribution in [0.2, 0.25) is 0 Å². The second kappa shape index (κ2) is 7.92. The van der Waals surface area contributed by atoms with Crippen LogP contribution in [0.15, 0.2) is 0 Å². The highest BCUT2D eigenvalue weighted by Crippen LogP contribution is 1.89. The van der Waals surface area contributed by atoms with E-state index >= 15 is 0 Å². The summed E-state index contributed by atoms with van der Waals surface area (Å²) < 4.78 is 0. The third-order valence-electron chi connectivity index (χ3n) is 1.21. The van der Waals surface area contributed by atoms with Crippen LogP contribution in [0.4, 0.5) is 0 Å². The van der Waals surface area contributed by atoms with Crippen molar-refractivity contribution in [1.82, 2.24) is 10.9 Å². The zero-order valence-electron chi connectivity index (χ0n) is 6.54. The molecule has 0 atom stereocenters. The normalized spacial score (nSPS) is 10.0. The molecule has 0 aliphatic carbocycles. The first-order chi connectivity index (χ1) is 4.41. The van der Waals surface area contributed by atoms with Crippen molar-refractivity contribution in [3.05, 3.63) is 0 Å². The summed E-state index contributed by atoms with van der Waals surface area (Å²) in [7, 11) is 0. The molecular formula is C7H18N2. The second-order valence-electron chi connectivity index (χ2n) is 2.16. The Balaban J connectivity index is 2.60. The van der Waals surface area contributed by atoms with Crippen LogP contribution in [-0.4, -0.2) is 13.1 Å². The third-order valence-corrected chi connectivity index (χ3v) is 1.21. The third kappa shape index (κ3) is 7.92. The van der Waals surface area contributed by atoms with Gasteiger partial charge >= 0.3 is 0 Å². The maximum atomic E-state index is 3.12. The average molecular weight is 130 g/mol. The Morgan fingerprint density at radius 1 is 1.00 bits per heavy atom. The maximum absolute atomic E-state index is 3.12. The Labute approximate surface area is 58.0 Å². The number of hydrogen-bond acceptors (Lipinski definition) is 2. The van der Waals surface area contributed by atoms with Crippen LogP contribution >= 0.6 is 0 Å². The van der Waals surface area contributed by atoms with Gasteiger partial charge in [-0.1, -0.05) is 26.7 Å². The molecule has 2 N–H and O–H groups in total. The van der Waals surface area contributed by atoms with E-state index in [4.69, 9.17) is 0 Å². The molecule has 0 saturated carbocycles. The van der Waals surface area contributed by atoms with Crippen LogP contribution in [-0.2, 0) is 0 Å². The lowest BCUT2D eigenvalue weighted by Gasteiger charge is -2.01. The van der Waals surface area contributed by atoms with Gasteiger partial charge in [-0.25, -0.2) is 0 Å². The zero-order chi connectivity index (χ0) is 6.95. The molecule has 0 aliphatic rings. The molecule has 9 heavy (non-hydrogen) atoms. The lowest BCUT2D eigenvalue weighted by atomic mass is 10.2. The summed E-state index contributed by atoms with van der Waals surface area (Å²) in [6, 6.07) is 0. The van der Waals surface area contributed by atoms with E-state index in [0.717, 1.165) is 13.1 Å². The van der Waals surface area contributed by atoms with E-state index in [2.05, 4.69) is 24.7 Å². The number of nitrogens with one attached hydrogen (secondary N) is 2. The van der Waals surface area contributed by atoms with Gasteiger partial charge in [0.05, 0.1) is 0 Å². The fourth-order valence-electron chi connectivity index (χ4n) is 0.677. The van der Waals surface area contributed by atoms with Crippen molar-refractivity contribution in [3.8, 4) is 0 Å². The summed E-state index contributed by atoms with van der Waals surface area (Å²) in [5.41, 5.74) is 6.18. The number of hydrogen-bond donors (Lipinski definition) is 2. The van der Waals surface area contributed by atoms with Crippen molar-refractivity contribution in [2.45, 2.75) is 33.1 Å². The monoisotopic (exact) mass is 130 g/mol. The van der Waals surface area contributed by atoms with Crippen LogP contribution in [0.3, 0.4) is 0 Å². The van der Waals surface area contributed by atoms with E-state index in [1.165, 1.54) is 19.3 Å². The lowest BCUT2D eigenvalue weighted by molar-refractivity contribution is 0.525. The average Bonchev–Trinajstić information content (AvgIpc) is 1.89. The van der Waals surface area contributed by atoms with Gasteiger partial charge in [-0.15, -0.1) is 0 Å². The van der Waals surface area contributed by atoms with Crippen molar-refractivity contribution < 1.29 is 0 Å². The van der Waals surface area contributed by atoms with Crippen LogP contribution in [0, 0.1) is 0 Å². The van der Waals surface area contributed by atoms with Crippen LogP contribution in [0.1, 0.15) is 33.1 Å². The van der Waals surface area contributed by atoms with Gasteiger partial charge in [0.25, 0.3) is 0 Å². The van der Waals surface area contributed by atoms with Crippen LogP contribution in [0.25, 0.3) is 0 Å². The van der Waals surface area contributed by atoms with Gasteiger partial charge in [0.2, 0.25) is 0 Å². The molecule has 0 rings (SSSR count). The largest absolute Gasteiger partial charge is 0.258 e. The molecule has 0 unspecified atom stereocenters. The molecule has 0 heterocycles. The van der Waals surface area contributed by atoms with Gasteiger partial charge in [-0.2, -0.15) is 0 Å². The highest BCUT2D eigenvalue weighted by atomic mass is 15.3. The maximum Gasteiger partial charge on any atom is 0.00997 e. The molecule has 0 aliphatic heterocycles. The Hall–Kier alpha value is -0.0800. The zero-order valence-corrected chi connectivity index (χ0v) is 6.54. The number of hydrazine groups is 1. The molecule has 0 spiro atoms. The summed E-state index contributed by atoms with van der Waals surface area (Å²) in [4.78, 5) is 0. The minimum atomic E-state index is 1.01.